The quantitative estimate of drug-likeness (QED) is 0.200. The predicted octanol–water partition coefficient (Wildman–Crippen LogP) is 7.66. The van der Waals surface area contributed by atoms with Crippen LogP contribution in [-0.2, 0) is 19.7 Å². The van der Waals surface area contributed by atoms with E-state index in [-0.39, 0.29) is 23.3 Å². The summed E-state index contributed by atoms with van der Waals surface area (Å²) in [6.07, 6.45) is 5.66. The standard InChI is InChI=1S/C31H42O4/c1-8-10-11-12-22(15-16-34-27(32)9-2)24-18-25-28(23-14-13-20(3)21(4)17-23)30(33)35-29(25)26(19-24)31(5,6)7/h13-14,17-19,22,28H,8-12,15-16H2,1-7H3. The van der Waals surface area contributed by atoms with Gasteiger partial charge in [0.2, 0.25) is 0 Å². The molecule has 0 radical (unpaired) electrons. The largest absolute Gasteiger partial charge is 0.466 e. The van der Waals surface area contributed by atoms with Crippen molar-refractivity contribution in [3.63, 3.8) is 0 Å². The fourth-order valence-corrected chi connectivity index (χ4v) is 4.88. The zero-order chi connectivity index (χ0) is 25.8. The second-order valence-electron chi connectivity index (χ2n) is 11.0. The number of esters is 2. The zero-order valence-corrected chi connectivity index (χ0v) is 22.6. The van der Waals surface area contributed by atoms with Crippen LogP contribution in [0.2, 0.25) is 0 Å². The van der Waals surface area contributed by atoms with Crippen molar-refractivity contribution in [1.29, 1.82) is 0 Å². The minimum Gasteiger partial charge on any atom is -0.466 e. The molecule has 0 aromatic heterocycles. The SMILES string of the molecule is CCCCCC(CCOC(=O)CC)c1cc2c(c(C(C)(C)C)c1)OC(=O)C2c1ccc(C)c(C)c1. The van der Waals surface area contributed by atoms with Gasteiger partial charge in [-0.3, -0.25) is 9.59 Å². The Morgan fingerprint density at radius 1 is 1.03 bits per heavy atom. The smallest absolute Gasteiger partial charge is 0.323 e. The second kappa shape index (κ2) is 11.4. The van der Waals surface area contributed by atoms with Crippen LogP contribution in [0.1, 0.15) is 118 Å². The van der Waals surface area contributed by atoms with Gasteiger partial charge < -0.3 is 9.47 Å². The van der Waals surface area contributed by atoms with Crippen LogP contribution < -0.4 is 4.74 Å². The lowest BCUT2D eigenvalue weighted by molar-refractivity contribution is -0.143. The first-order valence-corrected chi connectivity index (χ1v) is 13.2. The summed E-state index contributed by atoms with van der Waals surface area (Å²) in [5.74, 6) is 0.202. The third kappa shape index (κ3) is 6.34. The molecule has 0 bridgehead atoms. The van der Waals surface area contributed by atoms with Crippen molar-refractivity contribution < 1.29 is 19.1 Å². The van der Waals surface area contributed by atoms with Crippen LogP contribution in [0.3, 0.4) is 0 Å². The molecule has 0 fully saturated rings. The van der Waals surface area contributed by atoms with E-state index in [0.29, 0.717) is 13.0 Å². The monoisotopic (exact) mass is 478 g/mol. The van der Waals surface area contributed by atoms with Crippen molar-refractivity contribution >= 4 is 11.9 Å². The van der Waals surface area contributed by atoms with Gasteiger partial charge in [0, 0.05) is 17.5 Å². The minimum atomic E-state index is -0.417. The number of fused-ring (bicyclic) bond motifs is 1. The summed E-state index contributed by atoms with van der Waals surface area (Å²) in [6.45, 7) is 15.1. The highest BCUT2D eigenvalue weighted by Crippen LogP contribution is 2.47. The molecule has 2 aromatic rings. The lowest BCUT2D eigenvalue weighted by Gasteiger charge is -2.26. The van der Waals surface area contributed by atoms with Gasteiger partial charge in [0.25, 0.3) is 0 Å². The third-order valence-electron chi connectivity index (χ3n) is 7.21. The first kappa shape index (κ1) is 27.0. The van der Waals surface area contributed by atoms with Crippen LogP contribution >= 0.6 is 0 Å². The molecule has 1 aliphatic rings. The van der Waals surface area contributed by atoms with Crippen LogP contribution in [0.15, 0.2) is 30.3 Å². The molecule has 4 nitrogen and oxygen atoms in total. The van der Waals surface area contributed by atoms with Crippen molar-refractivity contribution in [2.24, 2.45) is 0 Å². The second-order valence-corrected chi connectivity index (χ2v) is 11.0. The predicted molar refractivity (Wildman–Crippen MR) is 141 cm³/mol. The maximum atomic E-state index is 13.2. The highest BCUT2D eigenvalue weighted by molar-refractivity contribution is 5.90. The molecule has 2 unspecified atom stereocenters. The number of ether oxygens (including phenoxy) is 2. The molecule has 4 heteroatoms. The van der Waals surface area contributed by atoms with E-state index in [1.54, 1.807) is 0 Å². The fraction of sp³-hybridized carbons (Fsp3) is 0.548. The molecule has 190 valence electrons. The van der Waals surface area contributed by atoms with Gasteiger partial charge in [-0.1, -0.05) is 84.2 Å². The summed E-state index contributed by atoms with van der Waals surface area (Å²) in [5, 5.41) is 0. The number of carbonyl (C=O) groups is 2. The summed E-state index contributed by atoms with van der Waals surface area (Å²) < 4.78 is 11.4. The maximum Gasteiger partial charge on any atom is 0.323 e. The van der Waals surface area contributed by atoms with Crippen LogP contribution in [0.25, 0.3) is 0 Å². The van der Waals surface area contributed by atoms with Crippen molar-refractivity contribution in [3.05, 3.63) is 63.7 Å². The highest BCUT2D eigenvalue weighted by atomic mass is 16.5. The Hall–Kier alpha value is -2.62. The van der Waals surface area contributed by atoms with Gasteiger partial charge in [-0.05, 0) is 60.3 Å². The molecule has 35 heavy (non-hydrogen) atoms. The Kier molecular flexibility index (Phi) is 8.79. The van der Waals surface area contributed by atoms with E-state index in [1.165, 1.54) is 23.1 Å². The van der Waals surface area contributed by atoms with Gasteiger partial charge >= 0.3 is 11.9 Å². The number of hydrogen-bond acceptors (Lipinski definition) is 4. The van der Waals surface area contributed by atoms with E-state index >= 15 is 0 Å². The number of rotatable bonds is 10. The molecule has 0 saturated heterocycles. The summed E-state index contributed by atoms with van der Waals surface area (Å²) in [6, 6.07) is 10.7. The summed E-state index contributed by atoms with van der Waals surface area (Å²) in [5.41, 5.74) is 6.43. The first-order chi connectivity index (χ1) is 16.6. The normalized spacial score (nSPS) is 16.1. The van der Waals surface area contributed by atoms with Gasteiger partial charge in [0.05, 0.1) is 6.61 Å². The van der Waals surface area contributed by atoms with Gasteiger partial charge in [0.15, 0.2) is 0 Å². The average molecular weight is 479 g/mol. The molecule has 3 rings (SSSR count). The molecule has 0 N–H and O–H groups in total. The topological polar surface area (TPSA) is 52.6 Å². The number of carbonyl (C=O) groups excluding carboxylic acids is 2. The first-order valence-electron chi connectivity index (χ1n) is 13.2. The van der Waals surface area contributed by atoms with Crippen molar-refractivity contribution in [2.75, 3.05) is 6.61 Å². The lowest BCUT2D eigenvalue weighted by atomic mass is 9.78. The molecule has 0 spiro atoms. The Morgan fingerprint density at radius 3 is 2.40 bits per heavy atom. The molecule has 0 aliphatic carbocycles. The average Bonchev–Trinajstić information content (AvgIpc) is 3.14. The Balaban J connectivity index is 2.07. The molecule has 1 aliphatic heterocycles. The van der Waals surface area contributed by atoms with Crippen LogP contribution in [0.4, 0.5) is 0 Å². The van der Waals surface area contributed by atoms with E-state index < -0.39 is 5.92 Å². The van der Waals surface area contributed by atoms with Crippen molar-refractivity contribution in [1.82, 2.24) is 0 Å². The van der Waals surface area contributed by atoms with Crippen LogP contribution in [0.5, 0.6) is 5.75 Å². The maximum absolute atomic E-state index is 13.2. The van der Waals surface area contributed by atoms with Crippen molar-refractivity contribution in [3.8, 4) is 5.75 Å². The number of benzene rings is 2. The van der Waals surface area contributed by atoms with E-state index in [4.69, 9.17) is 9.47 Å². The van der Waals surface area contributed by atoms with E-state index in [0.717, 1.165) is 48.1 Å². The Bertz CT molecular complexity index is 1060. The summed E-state index contributed by atoms with van der Waals surface area (Å²) in [7, 11) is 0. The fourth-order valence-electron chi connectivity index (χ4n) is 4.88. The molecular weight excluding hydrogens is 436 g/mol. The van der Waals surface area contributed by atoms with Gasteiger partial charge in [-0.15, -0.1) is 0 Å². The third-order valence-corrected chi connectivity index (χ3v) is 7.21. The van der Waals surface area contributed by atoms with E-state index in [2.05, 4.69) is 71.9 Å². The molecule has 0 amide bonds. The molecule has 1 heterocycles. The van der Waals surface area contributed by atoms with Crippen molar-refractivity contribution in [2.45, 2.75) is 104 Å². The zero-order valence-electron chi connectivity index (χ0n) is 22.6. The molecule has 0 saturated carbocycles. The number of hydrogen-bond donors (Lipinski definition) is 0. The van der Waals surface area contributed by atoms with E-state index in [9.17, 15) is 9.59 Å². The molecule has 2 aromatic carbocycles. The van der Waals surface area contributed by atoms with E-state index in [1.807, 2.05) is 6.92 Å². The van der Waals surface area contributed by atoms with Gasteiger partial charge in [0.1, 0.15) is 11.7 Å². The number of unbranched alkanes of at least 4 members (excludes halogenated alkanes) is 2. The minimum absolute atomic E-state index is 0.157. The van der Waals surface area contributed by atoms with Crippen LogP contribution in [0, 0.1) is 13.8 Å². The molecule has 2 atom stereocenters. The lowest BCUT2D eigenvalue weighted by Crippen LogP contribution is -2.15. The summed E-state index contributed by atoms with van der Waals surface area (Å²) >= 11 is 0. The Morgan fingerprint density at radius 2 is 1.77 bits per heavy atom. The van der Waals surface area contributed by atoms with Gasteiger partial charge in [-0.2, -0.15) is 0 Å². The number of aryl methyl sites for hydroxylation is 2. The van der Waals surface area contributed by atoms with Gasteiger partial charge in [-0.25, -0.2) is 0 Å². The van der Waals surface area contributed by atoms with Crippen LogP contribution in [-0.4, -0.2) is 18.5 Å². The summed E-state index contributed by atoms with van der Waals surface area (Å²) in [4.78, 5) is 24.9. The Labute approximate surface area is 211 Å². The molecular formula is C31H42O4. The highest BCUT2D eigenvalue weighted by Gasteiger charge is 2.39.